The lowest BCUT2D eigenvalue weighted by molar-refractivity contribution is -0.132. The molecule has 1 aliphatic heterocycles. The number of rotatable bonds is 14. The van der Waals surface area contributed by atoms with E-state index in [4.69, 9.17) is 18.9 Å². The average Bonchev–Trinajstić information content (AvgIpc) is 3.24. The monoisotopic (exact) mass is 535 g/mol. The number of aliphatic hydroxyl groups is 2. The highest BCUT2D eigenvalue weighted by Gasteiger charge is 2.43. The molecule has 4 atom stereocenters. The summed E-state index contributed by atoms with van der Waals surface area (Å²) in [5.41, 5.74) is 2.88. The number of hydrogen-bond donors (Lipinski definition) is 2. The van der Waals surface area contributed by atoms with Gasteiger partial charge in [-0.25, -0.2) is 0 Å². The summed E-state index contributed by atoms with van der Waals surface area (Å²) in [5, 5.41) is 22.0. The van der Waals surface area contributed by atoms with E-state index in [9.17, 15) is 15.0 Å². The van der Waals surface area contributed by atoms with Gasteiger partial charge in [0.2, 0.25) is 5.91 Å². The second-order valence-corrected chi connectivity index (χ2v) is 9.72. The quantitative estimate of drug-likeness (QED) is 0.325. The lowest BCUT2D eigenvalue weighted by Gasteiger charge is -2.32. The molecule has 39 heavy (non-hydrogen) atoms. The number of ether oxygens (including phenoxy) is 4. The van der Waals surface area contributed by atoms with Gasteiger partial charge in [0.25, 0.3) is 0 Å². The molecule has 1 heterocycles. The van der Waals surface area contributed by atoms with E-state index >= 15 is 0 Å². The summed E-state index contributed by atoms with van der Waals surface area (Å²) in [7, 11) is 3.22. The number of likely N-dealkylation sites (tertiary alicyclic amines) is 1. The van der Waals surface area contributed by atoms with Gasteiger partial charge in [-0.2, -0.15) is 0 Å². The van der Waals surface area contributed by atoms with Gasteiger partial charge in [0, 0.05) is 13.0 Å². The van der Waals surface area contributed by atoms with Crippen molar-refractivity contribution in [2.24, 2.45) is 0 Å². The predicted molar refractivity (Wildman–Crippen MR) is 146 cm³/mol. The third-order valence-electron chi connectivity index (χ3n) is 6.93. The Morgan fingerprint density at radius 3 is 2.05 bits per heavy atom. The maximum absolute atomic E-state index is 12.8. The lowest BCUT2D eigenvalue weighted by atomic mass is 9.99. The van der Waals surface area contributed by atoms with Gasteiger partial charge >= 0.3 is 0 Å². The minimum Gasteiger partial charge on any atom is -0.497 e. The molecule has 0 unspecified atom stereocenters. The molecular formula is C31H37NO7. The Bertz CT molecular complexity index is 1150. The second kappa shape index (κ2) is 14.1. The van der Waals surface area contributed by atoms with Crippen molar-refractivity contribution in [2.45, 2.75) is 57.0 Å². The van der Waals surface area contributed by atoms with Gasteiger partial charge in [0.15, 0.2) is 0 Å². The molecule has 0 radical (unpaired) electrons. The van der Waals surface area contributed by atoms with E-state index < -0.39 is 24.4 Å². The zero-order chi connectivity index (χ0) is 27.6. The van der Waals surface area contributed by atoms with Gasteiger partial charge in [-0.1, -0.05) is 54.6 Å². The summed E-state index contributed by atoms with van der Waals surface area (Å²) < 4.78 is 22.6. The molecule has 1 aliphatic rings. The molecule has 2 N–H and O–H groups in total. The number of hydrogen-bond acceptors (Lipinski definition) is 7. The molecule has 8 heteroatoms. The zero-order valence-corrected chi connectivity index (χ0v) is 22.4. The van der Waals surface area contributed by atoms with Crippen molar-refractivity contribution in [1.29, 1.82) is 0 Å². The Hall–Kier alpha value is -3.43. The largest absolute Gasteiger partial charge is 0.497 e. The Labute approximate surface area is 229 Å². The first-order valence-electron chi connectivity index (χ1n) is 13.1. The fourth-order valence-corrected chi connectivity index (χ4v) is 4.79. The molecule has 1 saturated heterocycles. The van der Waals surface area contributed by atoms with Gasteiger partial charge in [0.1, 0.15) is 11.5 Å². The highest BCUT2D eigenvalue weighted by molar-refractivity contribution is 5.80. The maximum atomic E-state index is 12.8. The molecule has 208 valence electrons. The van der Waals surface area contributed by atoms with Crippen LogP contribution in [0, 0.1) is 0 Å². The van der Waals surface area contributed by atoms with Crippen molar-refractivity contribution >= 4 is 5.91 Å². The summed E-state index contributed by atoms with van der Waals surface area (Å²) in [5.74, 6) is 1.30. The van der Waals surface area contributed by atoms with Crippen LogP contribution < -0.4 is 9.47 Å². The second-order valence-electron chi connectivity index (χ2n) is 9.72. The number of aliphatic hydroxyl groups excluding tert-OH is 2. The molecule has 1 fully saturated rings. The third-order valence-corrected chi connectivity index (χ3v) is 6.93. The van der Waals surface area contributed by atoms with E-state index in [1.54, 1.807) is 19.1 Å². The van der Waals surface area contributed by atoms with E-state index in [0.717, 1.165) is 28.2 Å². The van der Waals surface area contributed by atoms with Crippen LogP contribution in [0.4, 0.5) is 0 Å². The molecule has 8 nitrogen and oxygen atoms in total. The fourth-order valence-electron chi connectivity index (χ4n) is 4.79. The SMILES string of the molecule is COc1ccc(COC[C@H](C[C@H](O)[C@H]2[C@@H](O)CC(=O)N2Cc2ccc(OC)cc2)OCc2ccccc2)cc1. The van der Waals surface area contributed by atoms with Crippen LogP contribution in [0.1, 0.15) is 29.5 Å². The third kappa shape index (κ3) is 8.03. The van der Waals surface area contributed by atoms with Crippen molar-refractivity contribution in [1.82, 2.24) is 4.90 Å². The predicted octanol–water partition coefficient (Wildman–Crippen LogP) is 3.72. The van der Waals surface area contributed by atoms with Crippen LogP contribution in [0.2, 0.25) is 0 Å². The highest BCUT2D eigenvalue weighted by atomic mass is 16.5. The number of nitrogens with zero attached hydrogens (tertiary/aromatic N) is 1. The molecule has 0 saturated carbocycles. The Morgan fingerprint density at radius 2 is 1.44 bits per heavy atom. The lowest BCUT2D eigenvalue weighted by Crippen LogP contribution is -2.47. The van der Waals surface area contributed by atoms with Gasteiger partial charge in [-0.3, -0.25) is 4.79 Å². The van der Waals surface area contributed by atoms with E-state index in [1.807, 2.05) is 78.9 Å². The van der Waals surface area contributed by atoms with Crippen molar-refractivity contribution in [3.63, 3.8) is 0 Å². The van der Waals surface area contributed by atoms with Crippen LogP contribution >= 0.6 is 0 Å². The first kappa shape index (κ1) is 28.6. The van der Waals surface area contributed by atoms with E-state index in [2.05, 4.69) is 0 Å². The van der Waals surface area contributed by atoms with E-state index in [-0.39, 0.29) is 31.9 Å². The first-order chi connectivity index (χ1) is 19.0. The van der Waals surface area contributed by atoms with Gasteiger partial charge in [0.05, 0.1) is 64.8 Å². The van der Waals surface area contributed by atoms with Crippen molar-refractivity contribution in [3.05, 3.63) is 95.6 Å². The number of methoxy groups -OCH3 is 2. The first-order valence-corrected chi connectivity index (χ1v) is 13.1. The Kier molecular flexibility index (Phi) is 10.3. The summed E-state index contributed by atoms with van der Waals surface area (Å²) in [4.78, 5) is 14.3. The van der Waals surface area contributed by atoms with Crippen LogP contribution in [-0.2, 0) is 34.0 Å². The maximum Gasteiger partial charge on any atom is 0.225 e. The Balaban J connectivity index is 1.41. The number of amides is 1. The molecule has 3 aromatic rings. The van der Waals surface area contributed by atoms with Gasteiger partial charge in [-0.15, -0.1) is 0 Å². The zero-order valence-electron chi connectivity index (χ0n) is 22.4. The molecule has 0 spiro atoms. The average molecular weight is 536 g/mol. The molecular weight excluding hydrogens is 498 g/mol. The Morgan fingerprint density at radius 1 is 0.846 bits per heavy atom. The van der Waals surface area contributed by atoms with E-state index in [1.165, 1.54) is 0 Å². The van der Waals surface area contributed by atoms with Crippen molar-refractivity contribution < 1.29 is 34.0 Å². The fraction of sp³-hybridized carbons (Fsp3) is 0.387. The van der Waals surface area contributed by atoms with Gasteiger partial charge in [-0.05, 0) is 41.0 Å². The van der Waals surface area contributed by atoms with Gasteiger partial charge < -0.3 is 34.1 Å². The topological polar surface area (TPSA) is 97.7 Å². The number of carbonyl (C=O) groups excluding carboxylic acids is 1. The molecule has 1 amide bonds. The molecule has 4 rings (SSSR count). The molecule has 0 bridgehead atoms. The smallest absolute Gasteiger partial charge is 0.225 e. The number of carbonyl (C=O) groups is 1. The molecule has 0 aliphatic carbocycles. The molecule has 3 aromatic carbocycles. The standard InChI is InChI=1S/C31H37NO7/c1-36-25-12-8-22(9-13-25)18-32-30(35)17-29(34)31(32)28(33)16-27(39-20-23-6-4-3-5-7-23)21-38-19-24-10-14-26(37-2)15-11-24/h3-15,27-29,31,33-34H,16-21H2,1-2H3/t27-,28-,29-,31-/m0/s1. The normalized spacial score (nSPS) is 18.7. The highest BCUT2D eigenvalue weighted by Crippen LogP contribution is 2.28. The van der Waals surface area contributed by atoms with Crippen molar-refractivity contribution in [3.8, 4) is 11.5 Å². The van der Waals surface area contributed by atoms with Crippen LogP contribution in [-0.4, -0.2) is 66.2 Å². The van der Waals surface area contributed by atoms with Crippen LogP contribution in [0.5, 0.6) is 11.5 Å². The van der Waals surface area contributed by atoms with Crippen LogP contribution in [0.15, 0.2) is 78.9 Å². The minimum atomic E-state index is -1.00. The summed E-state index contributed by atoms with van der Waals surface area (Å²) in [6.45, 7) is 1.25. The summed E-state index contributed by atoms with van der Waals surface area (Å²) in [6, 6.07) is 24.1. The van der Waals surface area contributed by atoms with Crippen LogP contribution in [0.3, 0.4) is 0 Å². The minimum absolute atomic E-state index is 0.0264. The van der Waals surface area contributed by atoms with Crippen LogP contribution in [0.25, 0.3) is 0 Å². The van der Waals surface area contributed by atoms with E-state index in [0.29, 0.717) is 13.2 Å². The summed E-state index contributed by atoms with van der Waals surface area (Å²) in [6.07, 6.45) is -2.26. The summed E-state index contributed by atoms with van der Waals surface area (Å²) >= 11 is 0. The number of benzene rings is 3. The van der Waals surface area contributed by atoms with Crippen molar-refractivity contribution in [2.75, 3.05) is 20.8 Å². The molecule has 0 aromatic heterocycles.